The first-order valence-corrected chi connectivity index (χ1v) is 11.9. The van der Waals surface area contributed by atoms with Crippen LogP contribution in [0.4, 0.5) is 10.8 Å². The minimum absolute atomic E-state index is 0.0655. The highest BCUT2D eigenvalue weighted by Gasteiger charge is 2.33. The van der Waals surface area contributed by atoms with E-state index in [0.29, 0.717) is 16.4 Å². The van der Waals surface area contributed by atoms with Gasteiger partial charge in [0.15, 0.2) is 10.3 Å². The second-order valence-corrected chi connectivity index (χ2v) is 9.49. The summed E-state index contributed by atoms with van der Waals surface area (Å²) in [7, 11) is 0. The van der Waals surface area contributed by atoms with Crippen LogP contribution in [-0.4, -0.2) is 51.1 Å². The number of anilines is 2. The number of aliphatic imine (C=N–C) groups is 1. The van der Waals surface area contributed by atoms with Crippen molar-refractivity contribution in [2.45, 2.75) is 37.9 Å². The quantitative estimate of drug-likeness (QED) is 0.712. The number of amides is 3. The van der Waals surface area contributed by atoms with Gasteiger partial charge in [-0.15, -0.1) is 11.3 Å². The Morgan fingerprint density at radius 3 is 2.55 bits per heavy atom. The Kier molecular flexibility index (Phi) is 6.67. The maximum absolute atomic E-state index is 12.4. The summed E-state index contributed by atoms with van der Waals surface area (Å²) < 4.78 is 0. The van der Waals surface area contributed by atoms with Crippen molar-refractivity contribution in [3.8, 4) is 0 Å². The minimum atomic E-state index is -0.483. The van der Waals surface area contributed by atoms with E-state index in [1.165, 1.54) is 29.5 Å². The molecule has 1 fully saturated rings. The van der Waals surface area contributed by atoms with E-state index in [1.807, 2.05) is 12.3 Å². The van der Waals surface area contributed by atoms with Gasteiger partial charge in [0.1, 0.15) is 5.25 Å². The summed E-state index contributed by atoms with van der Waals surface area (Å²) in [5, 5.41) is 8.21. The Labute approximate surface area is 188 Å². The van der Waals surface area contributed by atoms with Gasteiger partial charge in [-0.25, -0.2) is 4.98 Å². The number of nitrogens with zero attached hydrogens (tertiary/aromatic N) is 3. The van der Waals surface area contributed by atoms with Gasteiger partial charge in [-0.05, 0) is 50.5 Å². The lowest BCUT2D eigenvalue weighted by atomic mass is 10.1. The number of carbonyl (C=O) groups excluding carboxylic acids is 3. The van der Waals surface area contributed by atoms with Crippen LogP contribution in [0.25, 0.3) is 0 Å². The average Bonchev–Trinajstić information content (AvgIpc) is 3.34. The van der Waals surface area contributed by atoms with Gasteiger partial charge in [-0.1, -0.05) is 11.8 Å². The molecule has 1 aromatic carbocycles. The van der Waals surface area contributed by atoms with E-state index in [1.54, 1.807) is 24.3 Å². The second kappa shape index (κ2) is 9.61. The molecular formula is C21H23N5O3S2. The number of aromatic nitrogens is 1. The lowest BCUT2D eigenvalue weighted by Gasteiger charge is -2.27. The van der Waals surface area contributed by atoms with Crippen molar-refractivity contribution in [3.63, 3.8) is 0 Å². The Bertz CT molecular complexity index is 1010. The molecule has 1 unspecified atom stereocenters. The summed E-state index contributed by atoms with van der Waals surface area (Å²) in [6.45, 7) is 3.70. The molecule has 1 aromatic heterocycles. The van der Waals surface area contributed by atoms with Gasteiger partial charge in [0.2, 0.25) is 5.91 Å². The number of piperidine rings is 1. The van der Waals surface area contributed by atoms with Crippen LogP contribution in [0.5, 0.6) is 0 Å². The topological polar surface area (TPSA) is 104 Å². The van der Waals surface area contributed by atoms with Crippen molar-refractivity contribution in [2.75, 3.05) is 23.7 Å². The number of hydrogen-bond donors (Lipinski definition) is 2. The molecule has 162 valence electrons. The smallest absolute Gasteiger partial charge is 0.262 e. The third-order valence-electron chi connectivity index (χ3n) is 5.00. The van der Waals surface area contributed by atoms with Crippen LogP contribution in [0.1, 0.15) is 41.7 Å². The summed E-state index contributed by atoms with van der Waals surface area (Å²) in [5.41, 5.74) is 1.89. The fourth-order valence-electron chi connectivity index (χ4n) is 3.40. The summed E-state index contributed by atoms with van der Waals surface area (Å²) in [4.78, 5) is 47.5. The van der Waals surface area contributed by atoms with Crippen molar-refractivity contribution in [2.24, 2.45) is 4.99 Å². The van der Waals surface area contributed by atoms with Gasteiger partial charge in [0, 0.05) is 36.1 Å². The van der Waals surface area contributed by atoms with Crippen LogP contribution < -0.4 is 10.6 Å². The molecule has 2 aliphatic rings. The number of amidine groups is 1. The number of likely N-dealkylation sites (tertiary alicyclic amines) is 1. The molecule has 3 heterocycles. The van der Waals surface area contributed by atoms with E-state index in [2.05, 4.69) is 25.5 Å². The molecule has 0 spiro atoms. The number of carbonyl (C=O) groups is 3. The van der Waals surface area contributed by atoms with Crippen LogP contribution in [0.2, 0.25) is 0 Å². The SMILES string of the molecule is Cc1csc(NC(=O)c2ccc(NC(=O)CC3SC(N4CCCCC4)=NC3=O)cc2)n1. The maximum Gasteiger partial charge on any atom is 0.262 e. The molecule has 2 aromatic rings. The maximum atomic E-state index is 12.4. The molecule has 4 rings (SSSR count). The largest absolute Gasteiger partial charge is 0.351 e. The third-order valence-corrected chi connectivity index (χ3v) is 7.09. The van der Waals surface area contributed by atoms with Crippen molar-refractivity contribution >= 4 is 56.8 Å². The molecule has 0 aliphatic carbocycles. The molecule has 31 heavy (non-hydrogen) atoms. The van der Waals surface area contributed by atoms with E-state index >= 15 is 0 Å². The zero-order valence-corrected chi connectivity index (χ0v) is 18.7. The highest BCUT2D eigenvalue weighted by molar-refractivity contribution is 8.15. The molecule has 2 N–H and O–H groups in total. The Morgan fingerprint density at radius 2 is 1.87 bits per heavy atom. The number of thiazole rings is 1. The summed E-state index contributed by atoms with van der Waals surface area (Å²) in [6, 6.07) is 6.61. The summed E-state index contributed by atoms with van der Waals surface area (Å²) in [6.07, 6.45) is 3.49. The van der Waals surface area contributed by atoms with Gasteiger partial charge < -0.3 is 10.2 Å². The predicted molar refractivity (Wildman–Crippen MR) is 124 cm³/mol. The molecule has 8 nitrogen and oxygen atoms in total. The van der Waals surface area contributed by atoms with Gasteiger partial charge in [-0.3, -0.25) is 19.7 Å². The van der Waals surface area contributed by atoms with E-state index < -0.39 is 5.25 Å². The molecule has 0 saturated carbocycles. The van der Waals surface area contributed by atoms with Gasteiger partial charge in [0.05, 0.1) is 5.69 Å². The Hall–Kier alpha value is -2.72. The number of benzene rings is 1. The zero-order chi connectivity index (χ0) is 21.8. The molecule has 10 heteroatoms. The summed E-state index contributed by atoms with van der Waals surface area (Å²) in [5.74, 6) is -0.760. The molecule has 1 saturated heterocycles. The van der Waals surface area contributed by atoms with Crippen LogP contribution in [0.3, 0.4) is 0 Å². The first-order chi connectivity index (χ1) is 15.0. The van der Waals surface area contributed by atoms with Crippen molar-refractivity contribution < 1.29 is 14.4 Å². The Morgan fingerprint density at radius 1 is 1.13 bits per heavy atom. The molecule has 3 amide bonds. The first kappa shape index (κ1) is 21.5. The standard InChI is InChI=1S/C21H23N5O3S2/c1-13-12-30-20(22-13)24-18(28)14-5-7-15(8-6-14)23-17(27)11-16-19(29)25-21(31-16)26-9-3-2-4-10-26/h5-8,12,16H,2-4,9-11H2,1H3,(H,23,27)(H,22,24,28). The lowest BCUT2D eigenvalue weighted by molar-refractivity contribution is -0.121. The zero-order valence-electron chi connectivity index (χ0n) is 17.1. The molecule has 0 radical (unpaired) electrons. The number of aryl methyl sites for hydroxylation is 1. The van der Waals surface area contributed by atoms with E-state index in [0.717, 1.165) is 36.8 Å². The third kappa shape index (κ3) is 5.50. The highest BCUT2D eigenvalue weighted by Crippen LogP contribution is 2.29. The average molecular weight is 458 g/mol. The summed E-state index contributed by atoms with van der Waals surface area (Å²) >= 11 is 2.75. The van der Waals surface area contributed by atoms with Crippen molar-refractivity contribution in [1.29, 1.82) is 0 Å². The molecule has 0 bridgehead atoms. The van der Waals surface area contributed by atoms with Crippen LogP contribution in [0, 0.1) is 6.92 Å². The van der Waals surface area contributed by atoms with E-state index in [-0.39, 0.29) is 24.1 Å². The normalized spacial score (nSPS) is 18.6. The molecule has 1 atom stereocenters. The van der Waals surface area contributed by atoms with Crippen LogP contribution in [-0.2, 0) is 9.59 Å². The number of hydrogen-bond acceptors (Lipinski definition) is 7. The highest BCUT2D eigenvalue weighted by atomic mass is 32.2. The first-order valence-electron chi connectivity index (χ1n) is 10.2. The number of thioether (sulfide) groups is 1. The van der Waals surface area contributed by atoms with E-state index in [9.17, 15) is 14.4 Å². The Balaban J connectivity index is 1.28. The second-order valence-electron chi connectivity index (χ2n) is 7.46. The fraction of sp³-hybridized carbons (Fsp3) is 0.381. The molecule has 2 aliphatic heterocycles. The fourth-order valence-corrected chi connectivity index (χ4v) is 5.20. The predicted octanol–water partition coefficient (Wildman–Crippen LogP) is 3.52. The van der Waals surface area contributed by atoms with Crippen LogP contribution >= 0.6 is 23.1 Å². The lowest BCUT2D eigenvalue weighted by Crippen LogP contribution is -2.33. The number of nitrogens with one attached hydrogen (secondary N) is 2. The van der Waals surface area contributed by atoms with Crippen LogP contribution in [0.15, 0.2) is 34.6 Å². The van der Waals surface area contributed by atoms with Crippen molar-refractivity contribution in [1.82, 2.24) is 9.88 Å². The van der Waals surface area contributed by atoms with Gasteiger partial charge in [-0.2, -0.15) is 4.99 Å². The van der Waals surface area contributed by atoms with Crippen molar-refractivity contribution in [3.05, 3.63) is 40.9 Å². The van der Waals surface area contributed by atoms with Gasteiger partial charge in [0.25, 0.3) is 11.8 Å². The monoisotopic (exact) mass is 457 g/mol. The number of rotatable bonds is 5. The van der Waals surface area contributed by atoms with E-state index in [4.69, 9.17) is 0 Å². The minimum Gasteiger partial charge on any atom is -0.351 e. The molecular weight excluding hydrogens is 434 g/mol. The van der Waals surface area contributed by atoms with Gasteiger partial charge >= 0.3 is 0 Å².